The van der Waals surface area contributed by atoms with Crippen molar-refractivity contribution >= 4 is 54.6 Å². The summed E-state index contributed by atoms with van der Waals surface area (Å²) in [5.41, 5.74) is 1.40. The zero-order valence-corrected chi connectivity index (χ0v) is 26.5. The molecule has 0 unspecified atom stereocenters. The fraction of sp³-hybridized carbons (Fsp3) is 0.483. The second kappa shape index (κ2) is 12.5. The summed E-state index contributed by atoms with van der Waals surface area (Å²) < 4.78 is 12.0. The van der Waals surface area contributed by atoms with Crippen LogP contribution >= 0.6 is 23.8 Å². The molecule has 11 heteroatoms. The number of thiocarbonyl (C=S) groups is 1. The number of nitro groups is 1. The second-order valence-electron chi connectivity index (χ2n) is 11.8. The lowest BCUT2D eigenvalue weighted by molar-refractivity contribution is -0.384. The third-order valence-corrected chi connectivity index (χ3v) is 13.4. The van der Waals surface area contributed by atoms with Crippen molar-refractivity contribution in [3.63, 3.8) is 0 Å². The minimum atomic E-state index is -2.17. The molecule has 40 heavy (non-hydrogen) atoms. The van der Waals surface area contributed by atoms with E-state index in [0.29, 0.717) is 15.5 Å². The molecule has 216 valence electrons. The van der Waals surface area contributed by atoms with Crippen molar-refractivity contribution in [2.24, 2.45) is 11.8 Å². The molecule has 0 N–H and O–H groups in total. The quantitative estimate of drug-likeness (QED) is 0.0543. The largest absolute Gasteiger partial charge is 0.459 e. The van der Waals surface area contributed by atoms with Crippen molar-refractivity contribution in [1.29, 1.82) is 0 Å². The van der Waals surface area contributed by atoms with Crippen LogP contribution < -0.4 is 0 Å². The van der Waals surface area contributed by atoms with Gasteiger partial charge >= 0.3 is 5.97 Å². The zero-order chi connectivity index (χ0) is 30.0. The van der Waals surface area contributed by atoms with Gasteiger partial charge in [0.2, 0.25) is 5.91 Å². The summed E-state index contributed by atoms with van der Waals surface area (Å²) in [4.78, 5) is 38.9. The van der Waals surface area contributed by atoms with Gasteiger partial charge in [-0.1, -0.05) is 63.6 Å². The van der Waals surface area contributed by atoms with E-state index >= 15 is 0 Å². The molecule has 1 saturated heterocycles. The summed E-state index contributed by atoms with van der Waals surface area (Å²) in [6, 6.07) is 12.7. The van der Waals surface area contributed by atoms with E-state index in [-0.39, 0.29) is 47.8 Å². The molecule has 1 heterocycles. The molecule has 0 aromatic heterocycles. The standard InChI is InChI=1S/C29H37ClN2O6SSi/c1-18(27(39)21-10-12-22(30)13-11-21)26-25(19(2)38-40(6,7)29(3,4)5)28(34)31(26)16-24(33)37-17-20-8-14-23(15-9-20)32(35)36/h8-15,18-19,25-26H,16-17H2,1-7H3/t18-,19-,25-,26-/m1/s1. The third kappa shape index (κ3) is 7.15. The number of non-ortho nitro benzene ring substituents is 1. The molecular weight excluding hydrogens is 568 g/mol. The maximum absolute atomic E-state index is 13.5. The summed E-state index contributed by atoms with van der Waals surface area (Å²) in [5.74, 6) is -1.45. The van der Waals surface area contributed by atoms with Gasteiger partial charge in [0.25, 0.3) is 5.69 Å². The molecule has 8 nitrogen and oxygen atoms in total. The van der Waals surface area contributed by atoms with Crippen molar-refractivity contribution in [3.8, 4) is 0 Å². The molecule has 0 aliphatic carbocycles. The normalized spacial score (nSPS) is 19.0. The number of rotatable bonds is 11. The molecule has 0 bridgehead atoms. The van der Waals surface area contributed by atoms with Gasteiger partial charge in [-0.25, -0.2) is 0 Å². The SMILES string of the molecule is C[C@@H](O[Si](C)(C)C(C)(C)C)[C@H]1C(=O)N(CC(=O)OCc2ccc([N+](=O)[O-])cc2)[C@@H]1[C@@H](C)C(=S)c1ccc(Cl)cc1. The van der Waals surface area contributed by atoms with E-state index in [9.17, 15) is 19.7 Å². The number of nitrogens with zero attached hydrogens (tertiary/aromatic N) is 2. The second-order valence-corrected chi connectivity index (χ2v) is 17.4. The topological polar surface area (TPSA) is 99.0 Å². The Morgan fingerprint density at radius 3 is 2.23 bits per heavy atom. The molecule has 0 spiro atoms. The molecular formula is C29H37ClN2O6SSi. The number of hydrogen-bond donors (Lipinski definition) is 0. The Morgan fingerprint density at radius 2 is 1.70 bits per heavy atom. The van der Waals surface area contributed by atoms with Gasteiger partial charge in [0.1, 0.15) is 13.2 Å². The lowest BCUT2D eigenvalue weighted by Gasteiger charge is -2.53. The van der Waals surface area contributed by atoms with Gasteiger partial charge in [-0.3, -0.25) is 19.7 Å². The Kier molecular flexibility index (Phi) is 9.93. The average molecular weight is 605 g/mol. The fourth-order valence-electron chi connectivity index (χ4n) is 4.65. The van der Waals surface area contributed by atoms with Crippen LogP contribution in [-0.4, -0.2) is 53.6 Å². The van der Waals surface area contributed by atoms with Crippen LogP contribution in [0.25, 0.3) is 0 Å². The van der Waals surface area contributed by atoms with Crippen molar-refractivity contribution in [1.82, 2.24) is 4.90 Å². The highest BCUT2D eigenvalue weighted by Gasteiger charge is 2.55. The van der Waals surface area contributed by atoms with Crippen LogP contribution in [0, 0.1) is 22.0 Å². The van der Waals surface area contributed by atoms with Crippen LogP contribution in [0.3, 0.4) is 0 Å². The molecule has 1 aliphatic heterocycles. The number of hydrogen-bond acceptors (Lipinski definition) is 7. The first kappa shape index (κ1) is 31.9. The molecule has 2 aromatic rings. The highest BCUT2D eigenvalue weighted by molar-refractivity contribution is 7.80. The van der Waals surface area contributed by atoms with Crippen LogP contribution in [0.4, 0.5) is 5.69 Å². The molecule has 1 aliphatic rings. The predicted molar refractivity (Wildman–Crippen MR) is 162 cm³/mol. The smallest absolute Gasteiger partial charge is 0.325 e. The molecule has 0 radical (unpaired) electrons. The van der Waals surface area contributed by atoms with Crippen molar-refractivity contribution < 1.29 is 23.7 Å². The first-order chi connectivity index (χ1) is 18.5. The number of carbonyl (C=O) groups is 2. The van der Waals surface area contributed by atoms with Gasteiger partial charge in [0.05, 0.1) is 23.0 Å². The molecule has 1 fully saturated rings. The highest BCUT2D eigenvalue weighted by Crippen LogP contribution is 2.42. The monoisotopic (exact) mass is 604 g/mol. The summed E-state index contributed by atoms with van der Waals surface area (Å²) in [5, 5.41) is 11.4. The molecule has 1 amide bonds. The van der Waals surface area contributed by atoms with Gasteiger partial charge < -0.3 is 14.1 Å². The Hall–Kier alpha value is -2.66. The van der Waals surface area contributed by atoms with Gasteiger partial charge in [-0.15, -0.1) is 0 Å². The van der Waals surface area contributed by atoms with Gasteiger partial charge in [0.15, 0.2) is 8.32 Å². The van der Waals surface area contributed by atoms with E-state index in [1.807, 2.05) is 26.0 Å². The third-order valence-electron chi connectivity index (χ3n) is 7.99. The van der Waals surface area contributed by atoms with Crippen LogP contribution in [0.15, 0.2) is 48.5 Å². The highest BCUT2D eigenvalue weighted by atomic mass is 35.5. The minimum absolute atomic E-state index is 0.0326. The Labute approximate surface area is 247 Å². The number of β-lactam (4-membered cyclic amide) rings is 1. The Bertz CT molecular complexity index is 1260. The number of carbonyl (C=O) groups excluding carboxylic acids is 2. The van der Waals surface area contributed by atoms with E-state index in [2.05, 4.69) is 33.9 Å². The Morgan fingerprint density at radius 1 is 1.12 bits per heavy atom. The van der Waals surface area contributed by atoms with E-state index in [1.165, 1.54) is 29.2 Å². The maximum atomic E-state index is 13.5. The van der Waals surface area contributed by atoms with Crippen molar-refractivity contribution in [3.05, 3.63) is 74.8 Å². The van der Waals surface area contributed by atoms with Gasteiger partial charge in [0, 0.05) is 27.9 Å². The van der Waals surface area contributed by atoms with Crippen LogP contribution in [-0.2, 0) is 25.4 Å². The van der Waals surface area contributed by atoms with Crippen LogP contribution in [0.5, 0.6) is 0 Å². The van der Waals surface area contributed by atoms with Crippen LogP contribution in [0.1, 0.15) is 45.7 Å². The van der Waals surface area contributed by atoms with E-state index in [0.717, 1.165) is 5.56 Å². The van der Waals surface area contributed by atoms with Gasteiger partial charge in [-0.2, -0.15) is 0 Å². The Balaban J connectivity index is 1.78. The number of amides is 1. The lowest BCUT2D eigenvalue weighted by atomic mass is 9.74. The van der Waals surface area contributed by atoms with E-state index in [4.69, 9.17) is 33.0 Å². The number of ether oxygens (including phenoxy) is 1. The van der Waals surface area contributed by atoms with Crippen molar-refractivity contribution in [2.75, 3.05) is 6.54 Å². The molecule has 0 saturated carbocycles. The van der Waals surface area contributed by atoms with Crippen LogP contribution in [0.2, 0.25) is 23.2 Å². The number of benzene rings is 2. The number of esters is 1. The summed E-state index contributed by atoms with van der Waals surface area (Å²) >= 11 is 11.9. The number of nitro benzene ring substituents is 1. The summed E-state index contributed by atoms with van der Waals surface area (Å²) in [7, 11) is -2.17. The molecule has 2 aromatic carbocycles. The number of halogens is 1. The first-order valence-electron chi connectivity index (χ1n) is 13.2. The lowest BCUT2D eigenvalue weighted by Crippen LogP contribution is -2.69. The summed E-state index contributed by atoms with van der Waals surface area (Å²) in [6.45, 7) is 14.4. The first-order valence-corrected chi connectivity index (χ1v) is 16.9. The maximum Gasteiger partial charge on any atom is 0.325 e. The fourth-order valence-corrected chi connectivity index (χ4v) is 6.48. The van der Waals surface area contributed by atoms with Gasteiger partial charge in [-0.05, 0) is 60.4 Å². The average Bonchev–Trinajstić information content (AvgIpc) is 2.87. The van der Waals surface area contributed by atoms with E-state index in [1.54, 1.807) is 12.1 Å². The molecule has 3 rings (SSSR count). The predicted octanol–water partition coefficient (Wildman–Crippen LogP) is 6.58. The zero-order valence-electron chi connectivity index (χ0n) is 24.0. The summed E-state index contributed by atoms with van der Waals surface area (Å²) in [6.07, 6.45) is -0.360. The van der Waals surface area contributed by atoms with E-state index < -0.39 is 25.1 Å². The van der Waals surface area contributed by atoms with Crippen molar-refractivity contribution in [2.45, 2.75) is 71.5 Å². The minimum Gasteiger partial charge on any atom is -0.459 e. The molecule has 4 atom stereocenters. The number of likely N-dealkylation sites (tertiary alicyclic amines) is 1.